The highest BCUT2D eigenvalue weighted by Crippen LogP contribution is 2.33. The lowest BCUT2D eigenvalue weighted by Crippen LogP contribution is -2.36. The third kappa shape index (κ3) is 3.11. The van der Waals surface area contributed by atoms with E-state index in [0.717, 1.165) is 31.9 Å². The quantitative estimate of drug-likeness (QED) is 0.717. The number of hydrogen-bond acceptors (Lipinski definition) is 7. The topological polar surface area (TPSA) is 103 Å². The van der Waals surface area contributed by atoms with Gasteiger partial charge in [-0.2, -0.15) is 10.4 Å². The summed E-state index contributed by atoms with van der Waals surface area (Å²) in [5.74, 6) is 0.834. The van der Waals surface area contributed by atoms with Crippen LogP contribution in [0, 0.1) is 11.3 Å². The summed E-state index contributed by atoms with van der Waals surface area (Å²) in [5, 5.41) is 14.1. The van der Waals surface area contributed by atoms with Crippen molar-refractivity contribution in [2.45, 2.75) is 12.5 Å². The predicted molar refractivity (Wildman–Crippen MR) is 108 cm³/mol. The molecule has 0 spiro atoms. The maximum Gasteiger partial charge on any atom is 0.268 e. The van der Waals surface area contributed by atoms with Gasteiger partial charge in [0.25, 0.3) is 5.56 Å². The normalized spacial score (nSPS) is 19.6. The number of anilines is 2. The maximum absolute atomic E-state index is 12.6. The first kappa shape index (κ1) is 17.7. The van der Waals surface area contributed by atoms with Crippen LogP contribution in [0.1, 0.15) is 18.0 Å². The van der Waals surface area contributed by atoms with Gasteiger partial charge < -0.3 is 19.5 Å². The Morgan fingerprint density at radius 1 is 1.21 bits per heavy atom. The largest absolute Gasteiger partial charge is 0.378 e. The van der Waals surface area contributed by atoms with Gasteiger partial charge in [0.15, 0.2) is 0 Å². The van der Waals surface area contributed by atoms with Gasteiger partial charge in [0.2, 0.25) is 0 Å². The van der Waals surface area contributed by atoms with Crippen LogP contribution in [0.4, 0.5) is 11.5 Å². The summed E-state index contributed by atoms with van der Waals surface area (Å²) in [6.07, 6.45) is 4.61. The third-order valence-electron chi connectivity index (χ3n) is 5.64. The fourth-order valence-electron chi connectivity index (χ4n) is 4.18. The summed E-state index contributed by atoms with van der Waals surface area (Å²) < 4.78 is 7.38. The summed E-state index contributed by atoms with van der Waals surface area (Å²) in [4.78, 5) is 24.5. The fourth-order valence-corrected chi connectivity index (χ4v) is 4.18. The Morgan fingerprint density at radius 2 is 2.07 bits per heavy atom. The molecule has 3 aromatic rings. The highest BCUT2D eigenvalue weighted by atomic mass is 16.5. The molecule has 0 saturated carbocycles. The van der Waals surface area contributed by atoms with Crippen molar-refractivity contribution >= 4 is 22.5 Å². The molecule has 2 aliphatic heterocycles. The molecule has 9 heteroatoms. The zero-order valence-corrected chi connectivity index (χ0v) is 15.9. The van der Waals surface area contributed by atoms with Crippen LogP contribution in [0.2, 0.25) is 0 Å². The molecule has 5 heterocycles. The number of nitrogens with one attached hydrogen (secondary N) is 1. The van der Waals surface area contributed by atoms with Crippen molar-refractivity contribution in [1.82, 2.24) is 19.7 Å². The monoisotopic (exact) mass is 391 g/mol. The molecule has 2 fully saturated rings. The van der Waals surface area contributed by atoms with E-state index in [0.29, 0.717) is 36.5 Å². The molecule has 1 N–H and O–H groups in total. The van der Waals surface area contributed by atoms with E-state index in [1.54, 1.807) is 6.20 Å². The Hall–Kier alpha value is -3.38. The summed E-state index contributed by atoms with van der Waals surface area (Å²) in [7, 11) is 0. The maximum atomic E-state index is 12.6. The molecule has 0 amide bonds. The summed E-state index contributed by atoms with van der Waals surface area (Å²) >= 11 is 0. The Balaban J connectivity index is 1.60. The molecular weight excluding hydrogens is 370 g/mol. The number of nitriles is 1. The van der Waals surface area contributed by atoms with Crippen LogP contribution >= 0.6 is 0 Å². The fraction of sp³-hybridized carbons (Fsp3) is 0.400. The van der Waals surface area contributed by atoms with Gasteiger partial charge in [-0.05, 0) is 24.6 Å². The molecular formula is C20H21N7O2. The average Bonchev–Trinajstić information content (AvgIpc) is 3.45. The van der Waals surface area contributed by atoms with E-state index in [2.05, 4.69) is 26.0 Å². The minimum absolute atomic E-state index is 0.116. The van der Waals surface area contributed by atoms with Gasteiger partial charge in [-0.25, -0.2) is 4.98 Å². The van der Waals surface area contributed by atoms with Crippen molar-refractivity contribution in [3.63, 3.8) is 0 Å². The van der Waals surface area contributed by atoms with Crippen LogP contribution in [0.3, 0.4) is 0 Å². The van der Waals surface area contributed by atoms with Gasteiger partial charge >= 0.3 is 0 Å². The van der Waals surface area contributed by atoms with Crippen molar-refractivity contribution in [3.8, 4) is 6.07 Å². The molecule has 2 saturated heterocycles. The average molecular weight is 391 g/mol. The lowest BCUT2D eigenvalue weighted by molar-refractivity contribution is 0.122. The van der Waals surface area contributed by atoms with Gasteiger partial charge in [-0.15, -0.1) is 0 Å². The van der Waals surface area contributed by atoms with E-state index < -0.39 is 0 Å². The molecule has 0 radical (unpaired) electrons. The molecule has 29 heavy (non-hydrogen) atoms. The zero-order chi connectivity index (χ0) is 19.8. The number of fused-ring (bicyclic) bond motifs is 1. The molecule has 0 unspecified atom stereocenters. The molecule has 2 aliphatic rings. The number of hydrogen-bond donors (Lipinski definition) is 1. The first-order valence-electron chi connectivity index (χ1n) is 9.78. The predicted octanol–water partition coefficient (Wildman–Crippen LogP) is 1.28. The van der Waals surface area contributed by atoms with Gasteiger partial charge in [-0.3, -0.25) is 9.48 Å². The van der Waals surface area contributed by atoms with Crippen LogP contribution in [0.25, 0.3) is 11.0 Å². The molecule has 1 atom stereocenters. The molecule has 5 rings (SSSR count). The number of rotatable bonds is 3. The van der Waals surface area contributed by atoms with E-state index in [-0.39, 0.29) is 17.2 Å². The van der Waals surface area contributed by atoms with Crippen molar-refractivity contribution in [2.75, 3.05) is 49.2 Å². The summed E-state index contributed by atoms with van der Waals surface area (Å²) in [6, 6.07) is 7.99. The lowest BCUT2D eigenvalue weighted by atomic mass is 10.1. The number of pyridine rings is 2. The van der Waals surface area contributed by atoms with E-state index in [1.165, 1.54) is 0 Å². The Kier molecular flexibility index (Phi) is 4.41. The SMILES string of the molecule is N#Cc1c(N2CC[C@@H](n3cccn3)C2)c2nc(N3CCOCC3)ccc2[nH]c1=O. The lowest BCUT2D eigenvalue weighted by Gasteiger charge is -2.28. The summed E-state index contributed by atoms with van der Waals surface area (Å²) in [6.45, 7) is 4.29. The second-order valence-electron chi connectivity index (χ2n) is 7.33. The number of H-pyrrole nitrogens is 1. The molecule has 3 aromatic heterocycles. The van der Waals surface area contributed by atoms with E-state index in [9.17, 15) is 10.1 Å². The van der Waals surface area contributed by atoms with Crippen molar-refractivity contribution in [3.05, 3.63) is 46.5 Å². The first-order valence-corrected chi connectivity index (χ1v) is 9.78. The second kappa shape index (κ2) is 7.22. The van der Waals surface area contributed by atoms with Crippen LogP contribution in [0.5, 0.6) is 0 Å². The van der Waals surface area contributed by atoms with Gasteiger partial charge in [0.1, 0.15) is 23.0 Å². The van der Waals surface area contributed by atoms with Crippen LogP contribution in [0.15, 0.2) is 35.4 Å². The van der Waals surface area contributed by atoms with E-state index in [4.69, 9.17) is 9.72 Å². The third-order valence-corrected chi connectivity index (χ3v) is 5.64. The van der Waals surface area contributed by atoms with Gasteiger partial charge in [-0.1, -0.05) is 0 Å². The Bertz CT molecular complexity index is 1130. The molecule has 0 aliphatic carbocycles. The Labute approximate surface area is 167 Å². The highest BCUT2D eigenvalue weighted by Gasteiger charge is 2.29. The number of ether oxygens (including phenoxy) is 1. The summed E-state index contributed by atoms with van der Waals surface area (Å²) in [5.41, 5.74) is 1.66. The number of morpholine rings is 1. The smallest absolute Gasteiger partial charge is 0.268 e. The number of aromatic amines is 1. The molecule has 148 valence electrons. The van der Waals surface area contributed by atoms with E-state index in [1.807, 2.05) is 29.1 Å². The molecule has 0 aromatic carbocycles. The number of aromatic nitrogens is 4. The minimum Gasteiger partial charge on any atom is -0.378 e. The van der Waals surface area contributed by atoms with Crippen molar-refractivity contribution in [1.29, 1.82) is 5.26 Å². The van der Waals surface area contributed by atoms with Crippen molar-refractivity contribution < 1.29 is 4.74 Å². The minimum atomic E-state index is -0.376. The standard InChI is InChI=1S/C20H21N7O2/c21-12-15-19(26-7-4-14(13-26)27-6-1-5-22-27)18-16(23-20(15)28)2-3-17(24-18)25-8-10-29-11-9-25/h1-3,5-6,14H,4,7-11,13H2,(H,23,28)/t14-/m1/s1. The van der Waals surface area contributed by atoms with Crippen molar-refractivity contribution in [2.24, 2.45) is 0 Å². The van der Waals surface area contributed by atoms with Gasteiger partial charge in [0.05, 0.1) is 30.5 Å². The number of nitrogens with zero attached hydrogens (tertiary/aromatic N) is 6. The molecule has 9 nitrogen and oxygen atoms in total. The zero-order valence-electron chi connectivity index (χ0n) is 15.9. The van der Waals surface area contributed by atoms with Crippen LogP contribution < -0.4 is 15.4 Å². The van der Waals surface area contributed by atoms with Crippen LogP contribution in [-0.4, -0.2) is 59.1 Å². The van der Waals surface area contributed by atoms with Gasteiger partial charge in [0, 0.05) is 38.6 Å². The molecule has 0 bridgehead atoms. The van der Waals surface area contributed by atoms with Crippen LogP contribution in [-0.2, 0) is 4.74 Å². The highest BCUT2D eigenvalue weighted by molar-refractivity contribution is 5.92. The first-order chi connectivity index (χ1) is 14.2. The van der Waals surface area contributed by atoms with E-state index >= 15 is 0 Å². The Morgan fingerprint density at radius 3 is 2.83 bits per heavy atom. The second-order valence-corrected chi connectivity index (χ2v) is 7.33.